The van der Waals surface area contributed by atoms with Crippen molar-refractivity contribution < 1.29 is 14.3 Å². The minimum Gasteiger partial charge on any atom is -0.467 e. The fraction of sp³-hybridized carbons (Fsp3) is 0.750. The van der Waals surface area contributed by atoms with E-state index in [9.17, 15) is 9.59 Å². The Labute approximate surface area is 71.5 Å². The molecule has 1 heterocycles. The van der Waals surface area contributed by atoms with Crippen LogP contribution in [0.4, 0.5) is 0 Å². The number of rotatable bonds is 2. The fourth-order valence-corrected chi connectivity index (χ4v) is 1.59. The molecule has 0 aromatic carbocycles. The molecule has 0 unspecified atom stereocenters. The normalized spacial score (nSPS) is 28.7. The molecule has 0 N–H and O–H groups in total. The number of amides is 1. The van der Waals surface area contributed by atoms with Crippen LogP contribution in [-0.4, -0.2) is 36.5 Å². The van der Waals surface area contributed by atoms with Gasteiger partial charge in [-0.05, 0) is 19.8 Å². The second kappa shape index (κ2) is 3.13. The van der Waals surface area contributed by atoms with Crippen molar-refractivity contribution in [3.05, 3.63) is 0 Å². The second-order valence-electron chi connectivity index (χ2n) is 3.17. The molecule has 68 valence electrons. The molecular weight excluding hydrogens is 158 g/mol. The van der Waals surface area contributed by atoms with Gasteiger partial charge in [-0.2, -0.15) is 0 Å². The Morgan fingerprint density at radius 2 is 2.33 bits per heavy atom. The highest BCUT2D eigenvalue weighted by atomic mass is 16.5. The van der Waals surface area contributed by atoms with Gasteiger partial charge in [0.25, 0.3) is 0 Å². The lowest BCUT2D eigenvalue weighted by atomic mass is 10.00. The third-order valence-corrected chi connectivity index (χ3v) is 2.45. The molecule has 0 aromatic heterocycles. The minimum atomic E-state index is -0.726. The molecule has 1 saturated heterocycles. The minimum absolute atomic E-state index is 0.327. The molecule has 4 nitrogen and oxygen atoms in total. The van der Waals surface area contributed by atoms with Gasteiger partial charge >= 0.3 is 5.97 Å². The summed E-state index contributed by atoms with van der Waals surface area (Å²) < 4.78 is 4.63. The lowest BCUT2D eigenvalue weighted by Gasteiger charge is -2.28. The lowest BCUT2D eigenvalue weighted by Crippen LogP contribution is -2.47. The number of carbonyl (C=O) groups is 2. The smallest absolute Gasteiger partial charge is 0.331 e. The van der Waals surface area contributed by atoms with Crippen LogP contribution in [0.2, 0.25) is 0 Å². The summed E-state index contributed by atoms with van der Waals surface area (Å²) in [6.07, 6.45) is 2.27. The lowest BCUT2D eigenvalue weighted by molar-refractivity contribution is -0.154. The summed E-state index contributed by atoms with van der Waals surface area (Å²) in [6, 6.07) is 0. The molecule has 0 spiro atoms. The first-order chi connectivity index (χ1) is 5.65. The summed E-state index contributed by atoms with van der Waals surface area (Å²) in [7, 11) is 1.34. The Morgan fingerprint density at radius 3 is 2.83 bits per heavy atom. The van der Waals surface area contributed by atoms with Gasteiger partial charge in [-0.25, -0.2) is 4.79 Å². The zero-order chi connectivity index (χ0) is 9.19. The molecule has 1 aliphatic rings. The molecule has 0 bridgehead atoms. The molecule has 0 aromatic rings. The van der Waals surface area contributed by atoms with Crippen molar-refractivity contribution in [2.75, 3.05) is 13.7 Å². The first kappa shape index (κ1) is 9.03. The van der Waals surface area contributed by atoms with Crippen molar-refractivity contribution in [3.8, 4) is 0 Å². The molecular formula is C8H13NO3. The van der Waals surface area contributed by atoms with Crippen molar-refractivity contribution in [1.82, 2.24) is 4.90 Å². The highest BCUT2D eigenvalue weighted by molar-refractivity contribution is 5.83. The first-order valence-corrected chi connectivity index (χ1v) is 3.95. The van der Waals surface area contributed by atoms with Crippen LogP contribution in [0.3, 0.4) is 0 Å². The SMILES string of the molecule is COC(=O)[C@]1(C)CCCN1C=O. The fourth-order valence-electron chi connectivity index (χ4n) is 1.59. The van der Waals surface area contributed by atoms with Gasteiger partial charge in [-0.15, -0.1) is 0 Å². The van der Waals surface area contributed by atoms with Crippen LogP contribution in [-0.2, 0) is 14.3 Å². The van der Waals surface area contributed by atoms with Crippen molar-refractivity contribution in [2.45, 2.75) is 25.3 Å². The van der Waals surface area contributed by atoms with Gasteiger partial charge in [-0.3, -0.25) is 4.79 Å². The topological polar surface area (TPSA) is 46.6 Å². The number of likely N-dealkylation sites (tertiary alicyclic amines) is 1. The second-order valence-corrected chi connectivity index (χ2v) is 3.17. The molecule has 1 rings (SSSR count). The van der Waals surface area contributed by atoms with Crippen molar-refractivity contribution in [3.63, 3.8) is 0 Å². The summed E-state index contributed by atoms with van der Waals surface area (Å²) in [6.45, 7) is 2.38. The molecule has 12 heavy (non-hydrogen) atoms. The standard InChI is InChI=1S/C8H13NO3/c1-8(7(11)12-2)4-3-5-9(8)6-10/h6H,3-5H2,1-2H3/t8-/m0/s1. The number of esters is 1. The van der Waals surface area contributed by atoms with E-state index >= 15 is 0 Å². The molecule has 1 atom stereocenters. The van der Waals surface area contributed by atoms with E-state index in [1.54, 1.807) is 6.92 Å². The molecule has 1 fully saturated rings. The summed E-state index contributed by atoms with van der Waals surface area (Å²) in [5.41, 5.74) is -0.726. The highest BCUT2D eigenvalue weighted by Crippen LogP contribution is 2.28. The zero-order valence-electron chi connectivity index (χ0n) is 7.37. The van der Waals surface area contributed by atoms with Gasteiger partial charge in [0.1, 0.15) is 5.54 Å². The molecule has 1 amide bonds. The van der Waals surface area contributed by atoms with E-state index in [4.69, 9.17) is 0 Å². The summed E-state index contributed by atoms with van der Waals surface area (Å²) in [5.74, 6) is -0.327. The van der Waals surface area contributed by atoms with E-state index in [1.165, 1.54) is 12.0 Å². The molecule has 1 aliphatic heterocycles. The monoisotopic (exact) mass is 171 g/mol. The predicted octanol–water partition coefficient (Wildman–Crippen LogP) is 0.170. The van der Waals surface area contributed by atoms with E-state index in [0.717, 1.165) is 6.42 Å². The van der Waals surface area contributed by atoms with Gasteiger partial charge in [0.05, 0.1) is 7.11 Å². The quantitative estimate of drug-likeness (QED) is 0.439. The third kappa shape index (κ3) is 1.17. The van der Waals surface area contributed by atoms with Gasteiger partial charge in [0.2, 0.25) is 6.41 Å². The van der Waals surface area contributed by atoms with E-state index < -0.39 is 5.54 Å². The van der Waals surface area contributed by atoms with Crippen molar-refractivity contribution in [2.24, 2.45) is 0 Å². The Kier molecular flexibility index (Phi) is 2.35. The van der Waals surface area contributed by atoms with Gasteiger partial charge < -0.3 is 9.64 Å². The summed E-state index contributed by atoms with van der Waals surface area (Å²) >= 11 is 0. The van der Waals surface area contributed by atoms with E-state index in [-0.39, 0.29) is 5.97 Å². The van der Waals surface area contributed by atoms with E-state index in [0.29, 0.717) is 19.4 Å². The van der Waals surface area contributed by atoms with Crippen LogP contribution in [0.15, 0.2) is 0 Å². The van der Waals surface area contributed by atoms with Gasteiger partial charge in [0, 0.05) is 6.54 Å². The number of nitrogens with zero attached hydrogens (tertiary/aromatic N) is 1. The van der Waals surface area contributed by atoms with Crippen LogP contribution in [0, 0.1) is 0 Å². The maximum absolute atomic E-state index is 11.3. The van der Waals surface area contributed by atoms with Crippen molar-refractivity contribution in [1.29, 1.82) is 0 Å². The molecule has 0 radical (unpaired) electrons. The number of hydrogen-bond acceptors (Lipinski definition) is 3. The number of methoxy groups -OCH3 is 1. The third-order valence-electron chi connectivity index (χ3n) is 2.45. The Balaban J connectivity index is 2.80. The van der Waals surface area contributed by atoms with Crippen LogP contribution < -0.4 is 0 Å². The Bertz CT molecular complexity index is 204. The van der Waals surface area contributed by atoms with Crippen LogP contribution in [0.1, 0.15) is 19.8 Å². The number of ether oxygens (including phenoxy) is 1. The van der Waals surface area contributed by atoms with Gasteiger partial charge in [0.15, 0.2) is 0 Å². The summed E-state index contributed by atoms with van der Waals surface area (Å²) in [5, 5.41) is 0. The first-order valence-electron chi connectivity index (χ1n) is 3.95. The Hall–Kier alpha value is -1.06. The number of hydrogen-bond donors (Lipinski definition) is 0. The summed E-state index contributed by atoms with van der Waals surface area (Å²) in [4.78, 5) is 23.3. The zero-order valence-corrected chi connectivity index (χ0v) is 7.37. The maximum atomic E-state index is 11.3. The average Bonchev–Trinajstić information content (AvgIpc) is 2.46. The maximum Gasteiger partial charge on any atom is 0.331 e. The predicted molar refractivity (Wildman–Crippen MR) is 42.4 cm³/mol. The van der Waals surface area contributed by atoms with E-state index in [2.05, 4.69) is 4.74 Å². The van der Waals surface area contributed by atoms with Crippen LogP contribution in [0.5, 0.6) is 0 Å². The van der Waals surface area contributed by atoms with Crippen molar-refractivity contribution >= 4 is 12.4 Å². The van der Waals surface area contributed by atoms with Gasteiger partial charge in [-0.1, -0.05) is 0 Å². The number of carbonyl (C=O) groups excluding carboxylic acids is 2. The van der Waals surface area contributed by atoms with E-state index in [1.807, 2.05) is 0 Å². The highest BCUT2D eigenvalue weighted by Gasteiger charge is 2.43. The Morgan fingerprint density at radius 1 is 1.67 bits per heavy atom. The molecule has 0 aliphatic carbocycles. The van der Waals surface area contributed by atoms with Crippen LogP contribution in [0.25, 0.3) is 0 Å². The molecule has 4 heteroatoms. The molecule has 0 saturated carbocycles. The average molecular weight is 171 g/mol. The largest absolute Gasteiger partial charge is 0.467 e. The van der Waals surface area contributed by atoms with Crippen LogP contribution >= 0.6 is 0 Å².